The van der Waals surface area contributed by atoms with E-state index in [-0.39, 0.29) is 11.4 Å². The molecule has 136 valence electrons. The van der Waals surface area contributed by atoms with Crippen LogP contribution in [0.25, 0.3) is 22.5 Å². The van der Waals surface area contributed by atoms with Crippen molar-refractivity contribution in [2.75, 3.05) is 0 Å². The second-order valence-corrected chi connectivity index (χ2v) is 8.04. The van der Waals surface area contributed by atoms with Gasteiger partial charge < -0.3 is 10.3 Å². The average molecular weight is 367 g/mol. The summed E-state index contributed by atoms with van der Waals surface area (Å²) in [7, 11) is 0. The minimum atomic E-state index is -0.00678. The Morgan fingerprint density at radius 2 is 2.04 bits per heavy atom. The van der Waals surface area contributed by atoms with E-state index in [4.69, 9.17) is 5.26 Å². The van der Waals surface area contributed by atoms with Crippen LogP contribution in [0.15, 0.2) is 30.7 Å². The maximum Gasteiger partial charge on any atom is 0.253 e. The lowest BCUT2D eigenvalue weighted by molar-refractivity contribution is 0.0917. The SMILES string of the molecule is N#Cc1cncc(-c2cc3c(cn2)CCc2c-3[nH]c3c2C(=O)NC2(CC2)C3)c1. The Balaban J connectivity index is 1.49. The van der Waals surface area contributed by atoms with Gasteiger partial charge in [-0.1, -0.05) is 0 Å². The summed E-state index contributed by atoms with van der Waals surface area (Å²) >= 11 is 0. The Morgan fingerprint density at radius 3 is 2.86 bits per heavy atom. The van der Waals surface area contributed by atoms with Crippen molar-refractivity contribution in [2.24, 2.45) is 0 Å². The number of nitrogens with zero attached hydrogens (tertiary/aromatic N) is 3. The first kappa shape index (κ1) is 15.6. The van der Waals surface area contributed by atoms with Gasteiger partial charge in [0.2, 0.25) is 0 Å². The van der Waals surface area contributed by atoms with Crippen molar-refractivity contribution in [3.8, 4) is 28.6 Å². The molecule has 4 heterocycles. The summed E-state index contributed by atoms with van der Waals surface area (Å²) in [5.41, 5.74) is 8.49. The molecule has 6 rings (SSSR count). The zero-order valence-electron chi connectivity index (χ0n) is 15.2. The highest BCUT2D eigenvalue weighted by Gasteiger charge is 2.49. The number of amides is 1. The van der Waals surface area contributed by atoms with E-state index >= 15 is 0 Å². The predicted octanol–water partition coefficient (Wildman–Crippen LogP) is 2.93. The maximum atomic E-state index is 12.8. The quantitative estimate of drug-likeness (QED) is 0.691. The average Bonchev–Trinajstić information content (AvgIpc) is 3.34. The van der Waals surface area contributed by atoms with Crippen molar-refractivity contribution in [3.63, 3.8) is 0 Å². The highest BCUT2D eigenvalue weighted by Crippen LogP contribution is 2.45. The molecule has 1 saturated carbocycles. The molecule has 0 saturated heterocycles. The molecule has 0 bridgehead atoms. The largest absolute Gasteiger partial charge is 0.357 e. The number of nitrogens with one attached hydrogen (secondary N) is 2. The molecule has 6 heteroatoms. The van der Waals surface area contributed by atoms with Gasteiger partial charge in [-0.05, 0) is 48.9 Å². The molecule has 3 aromatic heterocycles. The van der Waals surface area contributed by atoms with E-state index in [1.54, 1.807) is 18.5 Å². The molecule has 1 amide bonds. The summed E-state index contributed by atoms with van der Waals surface area (Å²) in [6.45, 7) is 0. The molecule has 2 N–H and O–H groups in total. The summed E-state index contributed by atoms with van der Waals surface area (Å²) < 4.78 is 0. The lowest BCUT2D eigenvalue weighted by Gasteiger charge is -2.24. The van der Waals surface area contributed by atoms with Crippen molar-refractivity contribution < 1.29 is 4.79 Å². The highest BCUT2D eigenvalue weighted by atomic mass is 16.2. The van der Waals surface area contributed by atoms with Crippen LogP contribution in [0.3, 0.4) is 0 Å². The molecule has 3 aliphatic rings. The fourth-order valence-electron chi connectivity index (χ4n) is 4.60. The number of pyridine rings is 2. The van der Waals surface area contributed by atoms with Crippen LogP contribution in [0.5, 0.6) is 0 Å². The number of H-pyrrole nitrogens is 1. The number of rotatable bonds is 1. The Hall–Kier alpha value is -3.46. The zero-order chi connectivity index (χ0) is 18.9. The van der Waals surface area contributed by atoms with Crippen molar-refractivity contribution in [3.05, 3.63) is 58.7 Å². The fourth-order valence-corrected chi connectivity index (χ4v) is 4.60. The van der Waals surface area contributed by atoms with Crippen molar-refractivity contribution >= 4 is 5.91 Å². The molecule has 1 fully saturated rings. The third kappa shape index (κ3) is 2.16. The fraction of sp³-hybridized carbons (Fsp3) is 0.273. The summed E-state index contributed by atoms with van der Waals surface area (Å²) in [5.74, 6) is 0.0694. The van der Waals surface area contributed by atoms with Gasteiger partial charge in [-0.15, -0.1) is 0 Å². The first-order chi connectivity index (χ1) is 13.7. The predicted molar refractivity (Wildman–Crippen MR) is 103 cm³/mol. The molecule has 3 aromatic rings. The molecule has 0 atom stereocenters. The second-order valence-electron chi connectivity index (χ2n) is 8.04. The Morgan fingerprint density at radius 1 is 1.14 bits per heavy atom. The standard InChI is InChI=1S/C22H17N5O/c23-8-12-5-14(10-24-9-12)17-6-16-13(11-25-17)1-2-15-19-18(26-20(15)16)7-22(3-4-22)27-21(19)28/h5-6,9-11,26H,1-4,7H2,(H,27,28). The smallest absolute Gasteiger partial charge is 0.253 e. The number of aromatic amines is 1. The normalized spacial score (nSPS) is 17.9. The summed E-state index contributed by atoms with van der Waals surface area (Å²) in [6, 6.07) is 5.98. The third-order valence-corrected chi connectivity index (χ3v) is 6.22. The Kier molecular flexibility index (Phi) is 2.95. The van der Waals surface area contributed by atoms with Gasteiger partial charge in [0.25, 0.3) is 5.91 Å². The van der Waals surface area contributed by atoms with Gasteiger partial charge >= 0.3 is 0 Å². The zero-order valence-corrected chi connectivity index (χ0v) is 15.2. The highest BCUT2D eigenvalue weighted by molar-refractivity contribution is 6.01. The molecular formula is C22H17N5O. The number of hydrogen-bond acceptors (Lipinski definition) is 4. The Labute approximate surface area is 161 Å². The summed E-state index contributed by atoms with van der Waals surface area (Å²) in [6.07, 6.45) is 9.92. The van der Waals surface area contributed by atoms with Gasteiger partial charge in [-0.3, -0.25) is 14.8 Å². The van der Waals surface area contributed by atoms with E-state index in [9.17, 15) is 4.79 Å². The van der Waals surface area contributed by atoms with Crippen LogP contribution in [0, 0.1) is 11.3 Å². The van der Waals surface area contributed by atoms with Gasteiger partial charge in [0.1, 0.15) is 6.07 Å². The molecule has 0 aromatic carbocycles. The number of hydrogen-bond donors (Lipinski definition) is 2. The van der Waals surface area contributed by atoms with Crippen LogP contribution >= 0.6 is 0 Å². The molecule has 28 heavy (non-hydrogen) atoms. The van der Waals surface area contributed by atoms with E-state index < -0.39 is 0 Å². The van der Waals surface area contributed by atoms with E-state index in [0.717, 1.165) is 71.4 Å². The van der Waals surface area contributed by atoms with Crippen LogP contribution < -0.4 is 5.32 Å². The van der Waals surface area contributed by atoms with Gasteiger partial charge in [0.05, 0.1) is 22.5 Å². The van der Waals surface area contributed by atoms with Crippen LogP contribution in [0.4, 0.5) is 0 Å². The molecule has 6 nitrogen and oxygen atoms in total. The first-order valence-electron chi connectivity index (χ1n) is 9.57. The topological polar surface area (TPSA) is 94.5 Å². The number of aromatic nitrogens is 3. The van der Waals surface area contributed by atoms with Gasteiger partial charge in [-0.2, -0.15) is 5.26 Å². The summed E-state index contributed by atoms with van der Waals surface area (Å²) in [4.78, 5) is 25.1. The van der Waals surface area contributed by atoms with E-state index in [1.807, 2.05) is 6.20 Å². The molecule has 2 aliphatic carbocycles. The lowest BCUT2D eigenvalue weighted by Crippen LogP contribution is -2.43. The van der Waals surface area contributed by atoms with Crippen molar-refractivity contribution in [1.29, 1.82) is 5.26 Å². The lowest BCUT2D eigenvalue weighted by atomic mass is 9.87. The summed E-state index contributed by atoms with van der Waals surface area (Å²) in [5, 5.41) is 12.4. The maximum absolute atomic E-state index is 12.8. The van der Waals surface area contributed by atoms with E-state index in [2.05, 4.69) is 32.4 Å². The van der Waals surface area contributed by atoms with Gasteiger partial charge in [0, 0.05) is 47.4 Å². The second kappa shape index (κ2) is 5.29. The van der Waals surface area contributed by atoms with E-state index in [0.29, 0.717) is 5.56 Å². The number of nitriles is 1. The van der Waals surface area contributed by atoms with Gasteiger partial charge in [0.15, 0.2) is 0 Å². The monoisotopic (exact) mass is 367 g/mol. The minimum Gasteiger partial charge on any atom is -0.357 e. The van der Waals surface area contributed by atoms with Gasteiger partial charge in [-0.25, -0.2) is 0 Å². The molecule has 1 spiro atoms. The Bertz CT molecular complexity index is 1210. The first-order valence-corrected chi connectivity index (χ1v) is 9.57. The minimum absolute atomic E-state index is 0.00678. The molecular weight excluding hydrogens is 350 g/mol. The van der Waals surface area contributed by atoms with E-state index in [1.165, 1.54) is 5.56 Å². The third-order valence-electron chi connectivity index (χ3n) is 6.22. The van der Waals surface area contributed by atoms with Crippen molar-refractivity contribution in [1.82, 2.24) is 20.3 Å². The number of carbonyl (C=O) groups excluding carboxylic acids is 1. The van der Waals surface area contributed by atoms with Crippen LogP contribution in [0.1, 0.15) is 45.6 Å². The number of carbonyl (C=O) groups is 1. The number of aryl methyl sites for hydroxylation is 1. The van der Waals surface area contributed by atoms with Crippen LogP contribution in [-0.2, 0) is 19.3 Å². The van der Waals surface area contributed by atoms with Crippen molar-refractivity contribution in [2.45, 2.75) is 37.6 Å². The molecule has 0 radical (unpaired) electrons. The molecule has 0 unspecified atom stereocenters. The number of fused-ring (bicyclic) bond motifs is 5. The van der Waals surface area contributed by atoms with Crippen LogP contribution in [0.2, 0.25) is 0 Å². The molecule has 1 aliphatic heterocycles. The van der Waals surface area contributed by atoms with Crippen LogP contribution in [-0.4, -0.2) is 26.4 Å².